The standard InChI is InChI=1S/C15H18N2O/c18-15-13(10-16-11-6-2-1-3-7-11)12-8-4-5-9-14(12)17-15/h4-5,8-11,17-18H,1-3,6-7H2. The van der Waals surface area contributed by atoms with E-state index in [4.69, 9.17) is 0 Å². The monoisotopic (exact) mass is 242 g/mol. The Balaban J connectivity index is 1.89. The molecule has 3 nitrogen and oxygen atoms in total. The van der Waals surface area contributed by atoms with Crippen LogP contribution >= 0.6 is 0 Å². The fourth-order valence-corrected chi connectivity index (χ4v) is 2.69. The van der Waals surface area contributed by atoms with Crippen LogP contribution in [0.1, 0.15) is 37.7 Å². The quantitative estimate of drug-likeness (QED) is 0.776. The highest BCUT2D eigenvalue weighted by Crippen LogP contribution is 2.26. The summed E-state index contributed by atoms with van der Waals surface area (Å²) in [5, 5.41) is 11.0. The smallest absolute Gasteiger partial charge is 0.198 e. The van der Waals surface area contributed by atoms with Gasteiger partial charge in [0.1, 0.15) is 0 Å². The van der Waals surface area contributed by atoms with Crippen molar-refractivity contribution >= 4 is 17.1 Å². The molecule has 1 aromatic carbocycles. The lowest BCUT2D eigenvalue weighted by Crippen LogP contribution is -2.09. The summed E-state index contributed by atoms with van der Waals surface area (Å²) in [5.41, 5.74) is 1.77. The molecule has 18 heavy (non-hydrogen) atoms. The van der Waals surface area contributed by atoms with Gasteiger partial charge in [-0.05, 0) is 18.9 Å². The zero-order valence-corrected chi connectivity index (χ0v) is 10.4. The van der Waals surface area contributed by atoms with Crippen molar-refractivity contribution < 1.29 is 5.11 Å². The Labute approximate surface area is 107 Å². The molecule has 0 atom stereocenters. The van der Waals surface area contributed by atoms with Crippen LogP contribution in [0.2, 0.25) is 0 Å². The van der Waals surface area contributed by atoms with Gasteiger partial charge in [0.2, 0.25) is 0 Å². The van der Waals surface area contributed by atoms with Crippen LogP contribution in [0.4, 0.5) is 0 Å². The van der Waals surface area contributed by atoms with Crippen LogP contribution in [0.3, 0.4) is 0 Å². The summed E-state index contributed by atoms with van der Waals surface area (Å²) in [5.74, 6) is 0.218. The van der Waals surface area contributed by atoms with Gasteiger partial charge in [-0.15, -0.1) is 0 Å². The number of nitrogens with one attached hydrogen (secondary N) is 1. The maximum Gasteiger partial charge on any atom is 0.198 e. The van der Waals surface area contributed by atoms with Crippen LogP contribution in [0.5, 0.6) is 5.88 Å². The second-order valence-corrected chi connectivity index (χ2v) is 5.00. The number of hydrogen-bond donors (Lipinski definition) is 2. The fraction of sp³-hybridized carbons (Fsp3) is 0.400. The molecule has 0 aliphatic heterocycles. The molecule has 1 aromatic heterocycles. The third-order valence-electron chi connectivity index (χ3n) is 3.71. The van der Waals surface area contributed by atoms with Crippen molar-refractivity contribution in [3.8, 4) is 5.88 Å². The summed E-state index contributed by atoms with van der Waals surface area (Å²) in [6.45, 7) is 0. The second kappa shape index (κ2) is 4.84. The lowest BCUT2D eigenvalue weighted by Gasteiger charge is -2.16. The zero-order valence-electron chi connectivity index (χ0n) is 10.4. The second-order valence-electron chi connectivity index (χ2n) is 5.00. The molecule has 3 heteroatoms. The maximum absolute atomic E-state index is 9.92. The van der Waals surface area contributed by atoms with Gasteiger partial charge >= 0.3 is 0 Å². The number of aromatic amines is 1. The molecule has 0 radical (unpaired) electrons. The van der Waals surface area contributed by atoms with Crippen molar-refractivity contribution in [3.05, 3.63) is 29.8 Å². The van der Waals surface area contributed by atoms with Crippen LogP contribution in [0.25, 0.3) is 10.9 Å². The van der Waals surface area contributed by atoms with Crippen LogP contribution in [0.15, 0.2) is 29.3 Å². The third-order valence-corrected chi connectivity index (χ3v) is 3.71. The van der Waals surface area contributed by atoms with Gasteiger partial charge < -0.3 is 10.1 Å². The van der Waals surface area contributed by atoms with Crippen LogP contribution in [-0.2, 0) is 0 Å². The number of H-pyrrole nitrogens is 1. The summed E-state index contributed by atoms with van der Waals surface area (Å²) >= 11 is 0. The maximum atomic E-state index is 9.92. The lowest BCUT2D eigenvalue weighted by atomic mass is 9.96. The minimum absolute atomic E-state index is 0.218. The first kappa shape index (κ1) is 11.3. The molecule has 1 aliphatic carbocycles. The summed E-state index contributed by atoms with van der Waals surface area (Å²) in [6, 6.07) is 8.35. The molecule has 2 aromatic rings. The molecule has 0 bridgehead atoms. The van der Waals surface area contributed by atoms with E-state index in [2.05, 4.69) is 9.98 Å². The number of fused-ring (bicyclic) bond motifs is 1. The molecule has 2 N–H and O–H groups in total. The first-order valence-corrected chi connectivity index (χ1v) is 6.67. The molecule has 1 saturated carbocycles. The highest BCUT2D eigenvalue weighted by Gasteiger charge is 2.12. The number of rotatable bonds is 2. The van der Waals surface area contributed by atoms with Crippen molar-refractivity contribution in [1.82, 2.24) is 4.98 Å². The van der Waals surface area contributed by atoms with E-state index < -0.39 is 0 Å². The Morgan fingerprint density at radius 1 is 1.17 bits per heavy atom. The Kier molecular flexibility index (Phi) is 3.05. The van der Waals surface area contributed by atoms with Gasteiger partial charge in [0.15, 0.2) is 5.88 Å². The predicted molar refractivity (Wildman–Crippen MR) is 74.4 cm³/mol. The largest absolute Gasteiger partial charge is 0.494 e. The van der Waals surface area contributed by atoms with Gasteiger partial charge in [0.25, 0.3) is 0 Å². The normalized spacial score (nSPS) is 17.8. The zero-order chi connectivity index (χ0) is 12.4. The highest BCUT2D eigenvalue weighted by molar-refractivity contribution is 6.01. The number of aromatic nitrogens is 1. The molecule has 0 unspecified atom stereocenters. The minimum Gasteiger partial charge on any atom is -0.494 e. The van der Waals surface area contributed by atoms with Crippen LogP contribution in [-0.4, -0.2) is 22.3 Å². The fourth-order valence-electron chi connectivity index (χ4n) is 2.69. The SMILES string of the molecule is Oc1[nH]c2ccccc2c1C=NC1CCCCC1. The van der Waals surface area contributed by atoms with Gasteiger partial charge in [-0.3, -0.25) is 4.99 Å². The van der Waals surface area contributed by atoms with Gasteiger partial charge in [0.05, 0.1) is 5.56 Å². The number of aromatic hydroxyl groups is 1. The third kappa shape index (κ3) is 2.13. The molecule has 1 heterocycles. The van der Waals surface area contributed by atoms with E-state index in [0.717, 1.165) is 16.5 Å². The first-order chi connectivity index (χ1) is 8.84. The van der Waals surface area contributed by atoms with E-state index >= 15 is 0 Å². The summed E-state index contributed by atoms with van der Waals surface area (Å²) in [7, 11) is 0. The number of para-hydroxylation sites is 1. The van der Waals surface area contributed by atoms with E-state index in [9.17, 15) is 5.11 Å². The molecule has 3 rings (SSSR count). The van der Waals surface area contributed by atoms with E-state index in [1.807, 2.05) is 30.5 Å². The van der Waals surface area contributed by atoms with Crippen molar-refractivity contribution in [2.75, 3.05) is 0 Å². The highest BCUT2D eigenvalue weighted by atomic mass is 16.3. The van der Waals surface area contributed by atoms with Crippen molar-refractivity contribution in [2.45, 2.75) is 38.1 Å². The molecular weight excluding hydrogens is 224 g/mol. The Bertz CT molecular complexity index is 565. The number of nitrogens with zero attached hydrogens (tertiary/aromatic N) is 1. The Morgan fingerprint density at radius 3 is 2.78 bits per heavy atom. The minimum atomic E-state index is 0.218. The summed E-state index contributed by atoms with van der Waals surface area (Å²) in [4.78, 5) is 7.61. The molecular formula is C15H18N2O. The Hall–Kier alpha value is -1.77. The van der Waals surface area contributed by atoms with Crippen LogP contribution < -0.4 is 0 Å². The van der Waals surface area contributed by atoms with Gasteiger partial charge in [-0.2, -0.15) is 0 Å². The summed E-state index contributed by atoms with van der Waals surface area (Å²) < 4.78 is 0. The van der Waals surface area contributed by atoms with Crippen LogP contribution in [0, 0.1) is 0 Å². The number of aliphatic imine (C=N–C) groups is 1. The topological polar surface area (TPSA) is 48.4 Å². The molecule has 0 spiro atoms. The average Bonchev–Trinajstić information content (AvgIpc) is 2.73. The molecule has 0 saturated heterocycles. The average molecular weight is 242 g/mol. The lowest BCUT2D eigenvalue weighted by molar-refractivity contribution is 0.443. The van der Waals surface area contributed by atoms with Crippen molar-refractivity contribution in [3.63, 3.8) is 0 Å². The van der Waals surface area contributed by atoms with E-state index in [1.165, 1.54) is 32.1 Å². The van der Waals surface area contributed by atoms with Crippen molar-refractivity contribution in [2.24, 2.45) is 4.99 Å². The molecule has 1 aliphatic rings. The summed E-state index contributed by atoms with van der Waals surface area (Å²) in [6.07, 6.45) is 8.09. The molecule has 1 fully saturated rings. The van der Waals surface area contributed by atoms with E-state index in [1.54, 1.807) is 0 Å². The molecule has 94 valence electrons. The van der Waals surface area contributed by atoms with Gasteiger partial charge in [0, 0.05) is 23.2 Å². The predicted octanol–water partition coefficient (Wildman–Crippen LogP) is 3.63. The van der Waals surface area contributed by atoms with Gasteiger partial charge in [-0.25, -0.2) is 0 Å². The van der Waals surface area contributed by atoms with Gasteiger partial charge in [-0.1, -0.05) is 37.5 Å². The Morgan fingerprint density at radius 2 is 1.94 bits per heavy atom. The number of hydrogen-bond acceptors (Lipinski definition) is 2. The van der Waals surface area contributed by atoms with E-state index in [0.29, 0.717) is 6.04 Å². The molecule has 0 amide bonds. The first-order valence-electron chi connectivity index (χ1n) is 6.67. The number of benzene rings is 1. The van der Waals surface area contributed by atoms with Crippen molar-refractivity contribution in [1.29, 1.82) is 0 Å². The van der Waals surface area contributed by atoms with E-state index in [-0.39, 0.29) is 5.88 Å².